The topological polar surface area (TPSA) is 51.5 Å². The molecule has 3 aromatic rings. The van der Waals surface area contributed by atoms with Crippen LogP contribution in [0.1, 0.15) is 28.5 Å². The van der Waals surface area contributed by atoms with Gasteiger partial charge < -0.3 is 14.5 Å². The van der Waals surface area contributed by atoms with Crippen LogP contribution in [0.2, 0.25) is 0 Å². The Morgan fingerprint density at radius 2 is 1.76 bits per heavy atom. The standard InChI is InChI=1S/C21H21NO3/c1-15-11-16(2)13-18(12-15)25-14-20(23)22-21(19-9-6-10-24-19)17-7-4-3-5-8-17/h3-13,21H,14H2,1-2H3,(H,22,23)/t21-/m0/s1. The first-order valence-electron chi connectivity index (χ1n) is 8.20. The Labute approximate surface area is 147 Å². The lowest BCUT2D eigenvalue weighted by Gasteiger charge is -2.17. The monoisotopic (exact) mass is 335 g/mol. The van der Waals surface area contributed by atoms with Gasteiger partial charge in [0.1, 0.15) is 17.6 Å². The van der Waals surface area contributed by atoms with Crippen molar-refractivity contribution in [3.8, 4) is 5.75 Å². The summed E-state index contributed by atoms with van der Waals surface area (Å²) in [7, 11) is 0. The summed E-state index contributed by atoms with van der Waals surface area (Å²) in [6, 6.07) is 18.9. The van der Waals surface area contributed by atoms with Gasteiger partial charge in [0.25, 0.3) is 5.91 Å². The molecule has 128 valence electrons. The Hall–Kier alpha value is -3.01. The van der Waals surface area contributed by atoms with Crippen LogP contribution in [0.3, 0.4) is 0 Å². The summed E-state index contributed by atoms with van der Waals surface area (Å²) in [5, 5.41) is 2.98. The molecule has 0 saturated heterocycles. The molecule has 4 heteroatoms. The van der Waals surface area contributed by atoms with E-state index in [9.17, 15) is 4.79 Å². The van der Waals surface area contributed by atoms with Crippen LogP contribution < -0.4 is 10.1 Å². The highest BCUT2D eigenvalue weighted by Gasteiger charge is 2.19. The summed E-state index contributed by atoms with van der Waals surface area (Å²) >= 11 is 0. The van der Waals surface area contributed by atoms with Gasteiger partial charge in [-0.05, 0) is 54.8 Å². The van der Waals surface area contributed by atoms with Gasteiger partial charge in [0.15, 0.2) is 6.61 Å². The lowest BCUT2D eigenvalue weighted by Crippen LogP contribution is -2.33. The van der Waals surface area contributed by atoms with Crippen LogP contribution in [0.25, 0.3) is 0 Å². The average Bonchev–Trinajstić information content (AvgIpc) is 3.12. The minimum Gasteiger partial charge on any atom is -0.484 e. The predicted octanol–water partition coefficient (Wildman–Crippen LogP) is 4.18. The molecule has 2 aromatic carbocycles. The van der Waals surface area contributed by atoms with Crippen LogP contribution in [0.5, 0.6) is 5.75 Å². The molecule has 25 heavy (non-hydrogen) atoms. The van der Waals surface area contributed by atoms with Gasteiger partial charge in [-0.2, -0.15) is 0 Å². The number of aryl methyl sites for hydroxylation is 2. The van der Waals surface area contributed by atoms with E-state index in [4.69, 9.17) is 9.15 Å². The molecule has 0 spiro atoms. The van der Waals surface area contributed by atoms with Gasteiger partial charge in [-0.15, -0.1) is 0 Å². The minimum atomic E-state index is -0.341. The van der Waals surface area contributed by atoms with Gasteiger partial charge in [-0.25, -0.2) is 0 Å². The number of furan rings is 1. The van der Waals surface area contributed by atoms with E-state index < -0.39 is 0 Å². The van der Waals surface area contributed by atoms with Crippen molar-refractivity contribution in [1.29, 1.82) is 0 Å². The fraction of sp³-hybridized carbons (Fsp3) is 0.190. The molecular formula is C21H21NO3. The zero-order valence-corrected chi connectivity index (χ0v) is 14.4. The zero-order valence-electron chi connectivity index (χ0n) is 14.4. The van der Waals surface area contributed by atoms with Gasteiger partial charge in [-0.1, -0.05) is 36.4 Å². The molecule has 1 heterocycles. The molecule has 1 amide bonds. The van der Waals surface area contributed by atoms with Gasteiger partial charge in [0.2, 0.25) is 0 Å². The van der Waals surface area contributed by atoms with Crippen molar-refractivity contribution in [2.24, 2.45) is 0 Å². The molecule has 0 radical (unpaired) electrons. The minimum absolute atomic E-state index is 0.0487. The number of hydrogen-bond acceptors (Lipinski definition) is 3. The first kappa shape index (κ1) is 16.8. The second kappa shape index (κ2) is 7.71. The van der Waals surface area contributed by atoms with Gasteiger partial charge in [0, 0.05) is 0 Å². The molecule has 0 unspecified atom stereocenters. The average molecular weight is 335 g/mol. The van der Waals surface area contributed by atoms with Crippen molar-refractivity contribution in [3.05, 3.63) is 89.4 Å². The van der Waals surface area contributed by atoms with Gasteiger partial charge >= 0.3 is 0 Å². The molecule has 1 N–H and O–H groups in total. The highest BCUT2D eigenvalue weighted by Crippen LogP contribution is 2.22. The summed E-state index contributed by atoms with van der Waals surface area (Å²) in [5.74, 6) is 1.18. The number of benzene rings is 2. The van der Waals surface area contributed by atoms with E-state index in [2.05, 4.69) is 11.4 Å². The summed E-state index contributed by atoms with van der Waals surface area (Å²) in [4.78, 5) is 12.4. The first-order chi connectivity index (χ1) is 12.1. The van der Waals surface area contributed by atoms with Crippen LogP contribution >= 0.6 is 0 Å². The third kappa shape index (κ3) is 4.51. The SMILES string of the molecule is Cc1cc(C)cc(OCC(=O)N[C@@H](c2ccccc2)c2ccco2)c1. The number of rotatable bonds is 6. The maximum Gasteiger partial charge on any atom is 0.258 e. The predicted molar refractivity (Wildman–Crippen MR) is 96.5 cm³/mol. The summed E-state index contributed by atoms with van der Waals surface area (Å²) < 4.78 is 11.1. The number of nitrogens with one attached hydrogen (secondary N) is 1. The molecule has 0 aliphatic carbocycles. The van der Waals surface area contributed by atoms with E-state index in [1.807, 2.05) is 68.4 Å². The van der Waals surface area contributed by atoms with Crippen molar-refractivity contribution in [3.63, 3.8) is 0 Å². The molecule has 0 fully saturated rings. The van der Waals surface area contributed by atoms with E-state index >= 15 is 0 Å². The Balaban J connectivity index is 1.68. The lowest BCUT2D eigenvalue weighted by molar-refractivity contribution is -0.123. The van der Waals surface area contributed by atoms with Crippen molar-refractivity contribution >= 4 is 5.91 Å². The van der Waals surface area contributed by atoms with E-state index in [-0.39, 0.29) is 18.6 Å². The molecule has 0 bridgehead atoms. The molecule has 4 nitrogen and oxygen atoms in total. The van der Waals surface area contributed by atoms with E-state index in [1.165, 1.54) is 0 Å². The zero-order chi connectivity index (χ0) is 17.6. The van der Waals surface area contributed by atoms with Crippen LogP contribution in [-0.4, -0.2) is 12.5 Å². The van der Waals surface area contributed by atoms with E-state index in [1.54, 1.807) is 6.26 Å². The normalized spacial score (nSPS) is 11.8. The molecule has 0 aliphatic heterocycles. The highest BCUT2D eigenvalue weighted by molar-refractivity contribution is 5.78. The molecular weight excluding hydrogens is 314 g/mol. The van der Waals surface area contributed by atoms with E-state index in [0.717, 1.165) is 16.7 Å². The van der Waals surface area contributed by atoms with Crippen molar-refractivity contribution < 1.29 is 13.9 Å². The van der Waals surface area contributed by atoms with Crippen molar-refractivity contribution in [2.75, 3.05) is 6.61 Å². The second-order valence-electron chi connectivity index (χ2n) is 6.04. The Kier molecular flexibility index (Phi) is 5.19. The molecule has 3 rings (SSSR count). The first-order valence-corrected chi connectivity index (χ1v) is 8.20. The molecule has 0 aliphatic rings. The Morgan fingerprint density at radius 3 is 2.40 bits per heavy atom. The maximum absolute atomic E-state index is 12.4. The van der Waals surface area contributed by atoms with Crippen LogP contribution in [0.15, 0.2) is 71.3 Å². The maximum atomic E-state index is 12.4. The molecule has 0 saturated carbocycles. The van der Waals surface area contributed by atoms with Crippen LogP contribution in [0, 0.1) is 13.8 Å². The highest BCUT2D eigenvalue weighted by atomic mass is 16.5. The number of ether oxygens (including phenoxy) is 1. The van der Waals surface area contributed by atoms with Gasteiger partial charge in [0.05, 0.1) is 6.26 Å². The largest absolute Gasteiger partial charge is 0.484 e. The van der Waals surface area contributed by atoms with Gasteiger partial charge in [-0.3, -0.25) is 4.79 Å². The fourth-order valence-corrected chi connectivity index (χ4v) is 2.79. The van der Waals surface area contributed by atoms with Crippen LogP contribution in [0.4, 0.5) is 0 Å². The number of amides is 1. The van der Waals surface area contributed by atoms with E-state index in [0.29, 0.717) is 11.5 Å². The number of carbonyl (C=O) groups is 1. The Bertz CT molecular complexity index is 805. The second-order valence-corrected chi connectivity index (χ2v) is 6.04. The third-order valence-electron chi connectivity index (χ3n) is 3.83. The fourth-order valence-electron chi connectivity index (χ4n) is 2.79. The van der Waals surface area contributed by atoms with Crippen molar-refractivity contribution in [2.45, 2.75) is 19.9 Å². The quantitative estimate of drug-likeness (QED) is 0.735. The lowest BCUT2D eigenvalue weighted by atomic mass is 10.0. The number of hydrogen-bond donors (Lipinski definition) is 1. The summed E-state index contributed by atoms with van der Waals surface area (Å²) in [6.45, 7) is 3.96. The molecule has 1 aromatic heterocycles. The van der Waals surface area contributed by atoms with Crippen LogP contribution in [-0.2, 0) is 4.79 Å². The summed E-state index contributed by atoms with van der Waals surface area (Å²) in [5.41, 5.74) is 3.17. The molecule has 1 atom stereocenters. The summed E-state index contributed by atoms with van der Waals surface area (Å²) in [6.07, 6.45) is 1.60. The van der Waals surface area contributed by atoms with Crippen molar-refractivity contribution in [1.82, 2.24) is 5.32 Å². The Morgan fingerprint density at radius 1 is 1.04 bits per heavy atom. The third-order valence-corrected chi connectivity index (χ3v) is 3.83. The smallest absolute Gasteiger partial charge is 0.258 e. The number of carbonyl (C=O) groups excluding carboxylic acids is 1.